The van der Waals surface area contributed by atoms with Gasteiger partial charge in [-0.1, -0.05) is 37.3 Å². The molecule has 5 heteroatoms. The molecule has 3 aromatic rings. The lowest BCUT2D eigenvalue weighted by Gasteiger charge is -2.19. The minimum absolute atomic E-state index is 0.00412. The Morgan fingerprint density at radius 1 is 1.20 bits per heavy atom. The third-order valence-electron chi connectivity index (χ3n) is 6.18. The van der Waals surface area contributed by atoms with Gasteiger partial charge in [-0.3, -0.25) is 4.79 Å². The summed E-state index contributed by atoms with van der Waals surface area (Å²) in [6, 6.07) is 12.9. The first-order valence-electron chi connectivity index (χ1n) is 11.0. The Kier molecular flexibility index (Phi) is 6.48. The van der Waals surface area contributed by atoms with Crippen molar-refractivity contribution in [3.05, 3.63) is 71.2 Å². The van der Waals surface area contributed by atoms with E-state index in [0.29, 0.717) is 13.0 Å². The molecule has 0 unspecified atom stereocenters. The van der Waals surface area contributed by atoms with Crippen molar-refractivity contribution in [3.8, 4) is 0 Å². The molecule has 2 N–H and O–H groups in total. The Bertz CT molecular complexity index is 1010. The lowest BCUT2D eigenvalue weighted by molar-refractivity contribution is -0.121. The first-order valence-corrected chi connectivity index (χ1v) is 11.0. The number of H-pyrrole nitrogens is 1. The van der Waals surface area contributed by atoms with Gasteiger partial charge in [-0.2, -0.15) is 0 Å². The largest absolute Gasteiger partial charge is 0.361 e. The summed E-state index contributed by atoms with van der Waals surface area (Å²) in [6.45, 7) is 5.92. The molecule has 1 saturated heterocycles. The average Bonchev–Trinajstić information content (AvgIpc) is 3.42. The maximum Gasteiger partial charge on any atom is 0.220 e. The van der Waals surface area contributed by atoms with Gasteiger partial charge >= 0.3 is 0 Å². The molecule has 1 atom stereocenters. The highest BCUT2D eigenvalue weighted by molar-refractivity contribution is 5.88. The molecule has 2 heterocycles. The van der Waals surface area contributed by atoms with Crippen LogP contribution >= 0.6 is 0 Å². The van der Waals surface area contributed by atoms with Gasteiger partial charge in [-0.05, 0) is 61.2 Å². The molecule has 158 valence electrons. The molecular formula is C25H30FN3O. The minimum Gasteiger partial charge on any atom is -0.361 e. The number of hydrogen-bond acceptors (Lipinski definition) is 2. The highest BCUT2D eigenvalue weighted by Crippen LogP contribution is 2.34. The summed E-state index contributed by atoms with van der Waals surface area (Å²) in [5.74, 6) is -0.473. The van der Waals surface area contributed by atoms with Gasteiger partial charge in [-0.25, -0.2) is 4.39 Å². The molecule has 2 aromatic carbocycles. The number of carbonyl (C=O) groups excluding carboxylic acids is 1. The second kappa shape index (κ2) is 9.43. The predicted molar refractivity (Wildman–Crippen MR) is 119 cm³/mol. The molecule has 0 radical (unpaired) electrons. The van der Waals surface area contributed by atoms with Crippen molar-refractivity contribution < 1.29 is 9.18 Å². The Hall–Kier alpha value is -2.66. The van der Waals surface area contributed by atoms with Crippen LogP contribution in [0.4, 0.5) is 4.39 Å². The van der Waals surface area contributed by atoms with E-state index in [1.807, 2.05) is 12.3 Å². The number of rotatable bonds is 8. The first kappa shape index (κ1) is 20.6. The average molecular weight is 408 g/mol. The highest BCUT2D eigenvalue weighted by Gasteiger charge is 2.22. The van der Waals surface area contributed by atoms with Crippen LogP contribution in [-0.4, -0.2) is 42.0 Å². The number of aromatic nitrogens is 1. The van der Waals surface area contributed by atoms with Crippen molar-refractivity contribution in [2.45, 2.75) is 38.5 Å². The molecule has 1 aliphatic rings. The van der Waals surface area contributed by atoms with Crippen molar-refractivity contribution >= 4 is 16.8 Å². The van der Waals surface area contributed by atoms with Crippen LogP contribution in [0, 0.1) is 5.82 Å². The molecule has 0 bridgehead atoms. The zero-order valence-electron chi connectivity index (χ0n) is 17.6. The van der Waals surface area contributed by atoms with Crippen molar-refractivity contribution in [1.29, 1.82) is 0 Å². The van der Waals surface area contributed by atoms with Crippen LogP contribution in [0.2, 0.25) is 0 Å². The minimum atomic E-state index is -0.277. The number of para-hydroxylation sites is 1. The van der Waals surface area contributed by atoms with Crippen molar-refractivity contribution in [2.24, 2.45) is 0 Å². The zero-order chi connectivity index (χ0) is 20.9. The van der Waals surface area contributed by atoms with E-state index in [2.05, 4.69) is 40.3 Å². The smallest absolute Gasteiger partial charge is 0.220 e. The van der Waals surface area contributed by atoms with E-state index in [9.17, 15) is 9.18 Å². The third-order valence-corrected chi connectivity index (χ3v) is 6.18. The molecule has 1 aliphatic heterocycles. The topological polar surface area (TPSA) is 48.1 Å². The molecule has 30 heavy (non-hydrogen) atoms. The van der Waals surface area contributed by atoms with Crippen LogP contribution in [-0.2, 0) is 11.2 Å². The van der Waals surface area contributed by atoms with Gasteiger partial charge in [0.05, 0.1) is 0 Å². The molecule has 0 spiro atoms. The molecule has 0 saturated carbocycles. The summed E-state index contributed by atoms with van der Waals surface area (Å²) >= 11 is 0. The number of fused-ring (bicyclic) bond motifs is 1. The van der Waals surface area contributed by atoms with Crippen LogP contribution in [0.25, 0.3) is 10.9 Å². The summed E-state index contributed by atoms with van der Waals surface area (Å²) in [6.07, 6.45) is 5.70. The van der Waals surface area contributed by atoms with E-state index in [1.54, 1.807) is 12.1 Å². The molecular weight excluding hydrogens is 377 g/mol. The number of nitrogens with one attached hydrogen (secondary N) is 2. The fourth-order valence-electron chi connectivity index (χ4n) is 4.57. The number of aryl methyl sites for hydroxylation is 1. The molecule has 4 nitrogen and oxygen atoms in total. The van der Waals surface area contributed by atoms with Gasteiger partial charge in [0, 0.05) is 42.5 Å². The van der Waals surface area contributed by atoms with Crippen LogP contribution < -0.4 is 5.32 Å². The standard InChI is InChI=1S/C25H30FN3O/c1-2-18-7-6-10-21-23(17-28-25(18)21)22(19-8-5-9-20(26)15-19)16-24(30)27-11-14-29-12-3-4-13-29/h5-10,15,17,22,28H,2-4,11-14,16H2,1H3,(H,27,30)/t22-/m1/s1. The number of amides is 1. The van der Waals surface area contributed by atoms with Crippen molar-refractivity contribution in [1.82, 2.24) is 15.2 Å². The number of halogens is 1. The monoisotopic (exact) mass is 407 g/mol. The quantitative estimate of drug-likeness (QED) is 0.573. The molecule has 1 aromatic heterocycles. The molecule has 0 aliphatic carbocycles. The highest BCUT2D eigenvalue weighted by atomic mass is 19.1. The lowest BCUT2D eigenvalue weighted by Crippen LogP contribution is -2.34. The van der Waals surface area contributed by atoms with Gasteiger partial charge in [0.15, 0.2) is 0 Å². The molecule has 1 amide bonds. The second-order valence-electron chi connectivity index (χ2n) is 8.15. The van der Waals surface area contributed by atoms with E-state index in [4.69, 9.17) is 0 Å². The van der Waals surface area contributed by atoms with E-state index >= 15 is 0 Å². The normalized spacial score (nSPS) is 15.5. The van der Waals surface area contributed by atoms with Gasteiger partial charge in [0.2, 0.25) is 5.91 Å². The summed E-state index contributed by atoms with van der Waals surface area (Å²) < 4.78 is 14.0. The van der Waals surface area contributed by atoms with Crippen LogP contribution in [0.1, 0.15) is 48.8 Å². The van der Waals surface area contributed by atoms with Crippen LogP contribution in [0.15, 0.2) is 48.7 Å². The number of nitrogens with zero attached hydrogens (tertiary/aromatic N) is 1. The Balaban J connectivity index is 1.57. The molecule has 1 fully saturated rings. The number of aromatic amines is 1. The Labute approximate surface area is 177 Å². The van der Waals surface area contributed by atoms with E-state index in [-0.39, 0.29) is 17.6 Å². The van der Waals surface area contributed by atoms with Crippen LogP contribution in [0.3, 0.4) is 0 Å². The van der Waals surface area contributed by atoms with Gasteiger partial charge in [0.1, 0.15) is 5.82 Å². The number of likely N-dealkylation sites (tertiary alicyclic amines) is 1. The maximum atomic E-state index is 14.0. The zero-order valence-corrected chi connectivity index (χ0v) is 17.6. The number of hydrogen-bond donors (Lipinski definition) is 2. The predicted octanol–water partition coefficient (Wildman–Crippen LogP) is 4.60. The summed E-state index contributed by atoms with van der Waals surface area (Å²) in [5.41, 5.74) is 4.21. The van der Waals surface area contributed by atoms with E-state index in [1.165, 1.54) is 24.5 Å². The van der Waals surface area contributed by atoms with Gasteiger partial charge in [-0.15, -0.1) is 0 Å². The lowest BCUT2D eigenvalue weighted by atomic mass is 9.87. The first-order chi connectivity index (χ1) is 14.7. The van der Waals surface area contributed by atoms with Gasteiger partial charge < -0.3 is 15.2 Å². The Morgan fingerprint density at radius 2 is 2.00 bits per heavy atom. The fraction of sp³-hybridized carbons (Fsp3) is 0.400. The summed E-state index contributed by atoms with van der Waals surface area (Å²) in [7, 11) is 0. The van der Waals surface area contributed by atoms with Crippen molar-refractivity contribution in [2.75, 3.05) is 26.2 Å². The number of benzene rings is 2. The maximum absolute atomic E-state index is 14.0. The van der Waals surface area contributed by atoms with E-state index in [0.717, 1.165) is 48.1 Å². The van der Waals surface area contributed by atoms with Gasteiger partial charge in [0.25, 0.3) is 0 Å². The summed E-state index contributed by atoms with van der Waals surface area (Å²) in [4.78, 5) is 18.6. The summed E-state index contributed by atoms with van der Waals surface area (Å²) in [5, 5.41) is 4.18. The van der Waals surface area contributed by atoms with Crippen molar-refractivity contribution in [3.63, 3.8) is 0 Å². The molecule has 4 rings (SSSR count). The third kappa shape index (κ3) is 4.57. The second-order valence-corrected chi connectivity index (χ2v) is 8.15. The SMILES string of the molecule is CCc1cccc2c([C@H](CC(=O)NCCN3CCCC3)c3cccc(F)c3)c[nH]c12. The number of carbonyl (C=O) groups is 1. The van der Waals surface area contributed by atoms with Crippen LogP contribution in [0.5, 0.6) is 0 Å². The Morgan fingerprint density at radius 3 is 2.77 bits per heavy atom. The fourth-order valence-corrected chi connectivity index (χ4v) is 4.57. The van der Waals surface area contributed by atoms with E-state index < -0.39 is 0 Å².